The first-order valence-corrected chi connectivity index (χ1v) is 13.3. The van der Waals surface area contributed by atoms with Gasteiger partial charge in [0, 0.05) is 38.1 Å². The normalized spacial score (nSPS) is 16.2. The van der Waals surface area contributed by atoms with Gasteiger partial charge in [-0.25, -0.2) is 9.18 Å². The number of amides is 1. The predicted octanol–water partition coefficient (Wildman–Crippen LogP) is 4.60. The Morgan fingerprint density at radius 2 is 1.86 bits per heavy atom. The lowest BCUT2D eigenvalue weighted by molar-refractivity contribution is -0.119. The second-order valence-electron chi connectivity index (χ2n) is 9.79. The number of rotatable bonds is 8. The molecule has 2 aliphatic heterocycles. The van der Waals surface area contributed by atoms with Crippen LogP contribution in [0.2, 0.25) is 0 Å². The van der Waals surface area contributed by atoms with Crippen molar-refractivity contribution in [2.45, 2.75) is 39.0 Å². The van der Waals surface area contributed by atoms with E-state index in [9.17, 15) is 14.0 Å². The number of nitrogens with zero attached hydrogens (tertiary/aromatic N) is 3. The van der Waals surface area contributed by atoms with E-state index < -0.39 is 5.63 Å². The zero-order chi connectivity index (χ0) is 25.8. The molecule has 7 nitrogen and oxygen atoms in total. The van der Waals surface area contributed by atoms with E-state index in [0.29, 0.717) is 62.7 Å². The number of benzene rings is 2. The first kappa shape index (κ1) is 25.3. The summed E-state index contributed by atoms with van der Waals surface area (Å²) in [5, 5.41) is 0.832. The average Bonchev–Trinajstić information content (AvgIpc) is 2.92. The molecule has 2 aliphatic rings. The zero-order valence-electron chi connectivity index (χ0n) is 21.4. The molecule has 3 aromatic rings. The van der Waals surface area contributed by atoms with Crippen molar-refractivity contribution in [1.29, 1.82) is 0 Å². The molecule has 8 heteroatoms. The minimum Gasteiger partial charge on any atom is -0.494 e. The van der Waals surface area contributed by atoms with Gasteiger partial charge in [-0.05, 0) is 55.2 Å². The summed E-state index contributed by atoms with van der Waals surface area (Å²) < 4.78 is 25.7. The van der Waals surface area contributed by atoms with Crippen LogP contribution in [-0.2, 0) is 11.2 Å². The Morgan fingerprint density at radius 1 is 1.05 bits per heavy atom. The molecule has 0 saturated carbocycles. The maximum atomic E-state index is 14.2. The summed E-state index contributed by atoms with van der Waals surface area (Å²) in [4.78, 5) is 32.1. The van der Waals surface area contributed by atoms with Crippen LogP contribution in [0, 0.1) is 5.82 Å². The lowest BCUT2D eigenvalue weighted by atomic mass is 9.98. The largest absolute Gasteiger partial charge is 0.494 e. The van der Waals surface area contributed by atoms with Gasteiger partial charge >= 0.3 is 5.63 Å². The minimum atomic E-state index is -0.475. The number of para-hydroxylation sites is 1. The number of carbonyl (C=O) groups is 1. The lowest BCUT2D eigenvalue weighted by Crippen LogP contribution is -2.51. The molecule has 1 aromatic heterocycles. The standard InChI is InChI=1S/C29H34FN3O4/c1-2-3-6-18-36-21-11-12-26-23(19-21)22-8-7-13-33(28(22)29(35)37-26)27(34)20-31-14-16-32(17-15-31)25-10-5-4-9-24(25)30/h4-5,9-12,19H,2-3,6-8,13-18,20H2,1H3. The molecule has 196 valence electrons. The fraction of sp³-hybridized carbons (Fsp3) is 0.448. The number of hydrogen-bond donors (Lipinski definition) is 0. The first-order chi connectivity index (χ1) is 18.0. The molecule has 0 unspecified atom stereocenters. The Hall–Kier alpha value is -3.39. The highest BCUT2D eigenvalue weighted by atomic mass is 19.1. The molecule has 1 saturated heterocycles. The van der Waals surface area contributed by atoms with Crippen LogP contribution < -0.4 is 20.2 Å². The van der Waals surface area contributed by atoms with E-state index in [4.69, 9.17) is 9.15 Å². The van der Waals surface area contributed by atoms with E-state index >= 15 is 0 Å². The van der Waals surface area contributed by atoms with Crippen LogP contribution in [0.1, 0.15) is 38.2 Å². The minimum absolute atomic E-state index is 0.112. The third-order valence-corrected chi connectivity index (χ3v) is 7.28. The quantitative estimate of drug-likeness (QED) is 0.328. The summed E-state index contributed by atoms with van der Waals surface area (Å²) in [6, 6.07) is 12.3. The van der Waals surface area contributed by atoms with Gasteiger partial charge in [0.2, 0.25) is 5.91 Å². The molecular formula is C29H34FN3O4. The van der Waals surface area contributed by atoms with Crippen molar-refractivity contribution in [2.75, 3.05) is 55.7 Å². The van der Waals surface area contributed by atoms with Crippen LogP contribution in [-0.4, -0.2) is 56.7 Å². The maximum absolute atomic E-state index is 14.2. The molecule has 2 aromatic carbocycles. The van der Waals surface area contributed by atoms with Crippen LogP contribution in [0.3, 0.4) is 0 Å². The van der Waals surface area contributed by atoms with E-state index in [-0.39, 0.29) is 18.3 Å². The van der Waals surface area contributed by atoms with Crippen molar-refractivity contribution in [3.05, 3.63) is 64.3 Å². The number of fused-ring (bicyclic) bond motifs is 3. The number of ether oxygens (including phenoxy) is 1. The fourth-order valence-electron chi connectivity index (χ4n) is 5.30. The van der Waals surface area contributed by atoms with E-state index in [2.05, 4.69) is 11.8 Å². The topological polar surface area (TPSA) is 66.2 Å². The second kappa shape index (κ2) is 11.3. The molecule has 0 radical (unpaired) electrons. The van der Waals surface area contributed by atoms with Crippen LogP contribution in [0.15, 0.2) is 51.7 Å². The molecule has 37 heavy (non-hydrogen) atoms. The van der Waals surface area contributed by atoms with Gasteiger partial charge in [0.25, 0.3) is 0 Å². The van der Waals surface area contributed by atoms with Crippen LogP contribution in [0.5, 0.6) is 5.75 Å². The number of carbonyl (C=O) groups excluding carboxylic acids is 1. The summed E-state index contributed by atoms with van der Waals surface area (Å²) in [5.41, 5.74) is 1.85. The number of halogens is 1. The highest BCUT2D eigenvalue weighted by Crippen LogP contribution is 2.33. The van der Waals surface area contributed by atoms with E-state index in [0.717, 1.165) is 42.4 Å². The molecule has 5 rings (SSSR count). The number of aryl methyl sites for hydroxylation is 1. The fourth-order valence-corrected chi connectivity index (χ4v) is 5.30. The molecule has 3 heterocycles. The molecule has 0 N–H and O–H groups in total. The monoisotopic (exact) mass is 507 g/mol. The summed E-state index contributed by atoms with van der Waals surface area (Å²) in [6.45, 7) is 6.07. The van der Waals surface area contributed by atoms with Gasteiger partial charge in [-0.1, -0.05) is 31.9 Å². The SMILES string of the molecule is CCCCCOc1ccc2oc(=O)c3c(c2c1)CCCN3C(=O)CN1CCN(c2ccccc2F)CC1. The molecule has 1 fully saturated rings. The molecule has 0 aliphatic carbocycles. The van der Waals surface area contributed by atoms with Crippen molar-refractivity contribution in [2.24, 2.45) is 0 Å². The van der Waals surface area contributed by atoms with Gasteiger partial charge in [0.05, 0.1) is 18.8 Å². The Bertz CT molecular complexity index is 1320. The van der Waals surface area contributed by atoms with E-state index in [1.165, 1.54) is 6.07 Å². The average molecular weight is 508 g/mol. The number of anilines is 2. The van der Waals surface area contributed by atoms with Crippen LogP contribution in [0.25, 0.3) is 11.0 Å². The Morgan fingerprint density at radius 3 is 2.65 bits per heavy atom. The van der Waals surface area contributed by atoms with E-state index in [1.807, 2.05) is 23.1 Å². The molecular weight excluding hydrogens is 473 g/mol. The number of unbranched alkanes of at least 4 members (excludes halogenated alkanes) is 2. The van der Waals surface area contributed by atoms with Gasteiger partial charge in [-0.15, -0.1) is 0 Å². The lowest BCUT2D eigenvalue weighted by Gasteiger charge is -2.37. The molecule has 0 atom stereocenters. The summed E-state index contributed by atoms with van der Waals surface area (Å²) >= 11 is 0. The van der Waals surface area contributed by atoms with Crippen LogP contribution in [0.4, 0.5) is 15.8 Å². The van der Waals surface area contributed by atoms with Gasteiger partial charge in [-0.2, -0.15) is 0 Å². The molecule has 1 amide bonds. The maximum Gasteiger partial charge on any atom is 0.360 e. The van der Waals surface area contributed by atoms with Gasteiger partial charge < -0.3 is 19.0 Å². The molecule has 0 spiro atoms. The van der Waals surface area contributed by atoms with Gasteiger partial charge in [0.1, 0.15) is 22.8 Å². The highest BCUT2D eigenvalue weighted by Gasteiger charge is 2.30. The van der Waals surface area contributed by atoms with Crippen molar-refractivity contribution < 1.29 is 18.3 Å². The summed E-state index contributed by atoms with van der Waals surface area (Å²) in [7, 11) is 0. The van der Waals surface area contributed by atoms with Crippen molar-refractivity contribution in [1.82, 2.24) is 4.90 Å². The Balaban J connectivity index is 1.30. The highest BCUT2D eigenvalue weighted by molar-refractivity contribution is 5.98. The third kappa shape index (κ3) is 5.49. The second-order valence-corrected chi connectivity index (χ2v) is 9.79. The smallest absolute Gasteiger partial charge is 0.360 e. The predicted molar refractivity (Wildman–Crippen MR) is 143 cm³/mol. The Kier molecular flexibility index (Phi) is 7.74. The van der Waals surface area contributed by atoms with Gasteiger partial charge in [-0.3, -0.25) is 9.69 Å². The molecule has 0 bridgehead atoms. The van der Waals surface area contributed by atoms with E-state index in [1.54, 1.807) is 23.1 Å². The zero-order valence-corrected chi connectivity index (χ0v) is 21.4. The number of piperazine rings is 1. The Labute approximate surface area is 216 Å². The summed E-state index contributed by atoms with van der Waals surface area (Å²) in [5.74, 6) is 0.403. The van der Waals surface area contributed by atoms with Crippen molar-refractivity contribution in [3.63, 3.8) is 0 Å². The van der Waals surface area contributed by atoms with Crippen molar-refractivity contribution in [3.8, 4) is 5.75 Å². The van der Waals surface area contributed by atoms with Gasteiger partial charge in [0.15, 0.2) is 0 Å². The first-order valence-electron chi connectivity index (χ1n) is 13.3. The summed E-state index contributed by atoms with van der Waals surface area (Å²) in [6.07, 6.45) is 4.73. The van der Waals surface area contributed by atoms with Crippen molar-refractivity contribution >= 4 is 28.3 Å². The number of hydrogen-bond acceptors (Lipinski definition) is 6. The third-order valence-electron chi connectivity index (χ3n) is 7.28. The van der Waals surface area contributed by atoms with Crippen LogP contribution >= 0.6 is 0 Å².